The highest BCUT2D eigenvalue weighted by molar-refractivity contribution is 5.51. The summed E-state index contributed by atoms with van der Waals surface area (Å²) < 4.78 is 5.41. The van der Waals surface area contributed by atoms with Gasteiger partial charge < -0.3 is 9.84 Å². The zero-order chi connectivity index (χ0) is 12.4. The summed E-state index contributed by atoms with van der Waals surface area (Å²) in [5.74, 6) is 1.71. The molecule has 1 aliphatic carbocycles. The number of aromatic nitrogens is 3. The van der Waals surface area contributed by atoms with E-state index in [9.17, 15) is 0 Å². The zero-order valence-corrected chi connectivity index (χ0v) is 10.3. The van der Waals surface area contributed by atoms with E-state index >= 15 is 0 Å². The van der Waals surface area contributed by atoms with Crippen molar-refractivity contribution in [1.29, 1.82) is 0 Å². The lowest BCUT2D eigenvalue weighted by Gasteiger charge is -2.14. The molecule has 94 valence electrons. The topological polar surface area (TPSA) is 63.8 Å². The Morgan fingerprint density at radius 3 is 3.11 bits per heavy atom. The second-order valence-electron chi connectivity index (χ2n) is 4.63. The minimum atomic E-state index is 0.341. The molecule has 0 bridgehead atoms. The number of rotatable bonds is 3. The third kappa shape index (κ3) is 2.01. The Labute approximate surface area is 106 Å². The minimum Gasteiger partial charge on any atom is -0.339 e. The van der Waals surface area contributed by atoms with Gasteiger partial charge >= 0.3 is 0 Å². The molecule has 2 aromatic heterocycles. The fourth-order valence-electron chi connectivity index (χ4n) is 2.60. The first-order valence-electron chi connectivity index (χ1n) is 6.30. The standard InChI is InChI=1S/C13H16N4O/c1-14-11-6-2-5-10(11)13-16-12(17-18-13)9-4-3-7-15-8-9/h3-4,7-8,10-11,14H,2,5-6H2,1H3/t10-,11+/m1/s1. The molecule has 5 nitrogen and oxygen atoms in total. The molecule has 1 aliphatic rings. The molecule has 0 aromatic carbocycles. The van der Waals surface area contributed by atoms with Gasteiger partial charge in [-0.25, -0.2) is 0 Å². The molecule has 5 heteroatoms. The third-order valence-corrected chi connectivity index (χ3v) is 3.57. The second-order valence-corrected chi connectivity index (χ2v) is 4.63. The Bertz CT molecular complexity index is 511. The SMILES string of the molecule is CN[C@H]1CCC[C@H]1c1nc(-c2cccnc2)no1. The van der Waals surface area contributed by atoms with Gasteiger partial charge in [0.2, 0.25) is 11.7 Å². The van der Waals surface area contributed by atoms with Gasteiger partial charge in [-0.05, 0) is 32.0 Å². The molecule has 0 unspecified atom stereocenters. The van der Waals surface area contributed by atoms with E-state index in [1.807, 2.05) is 19.2 Å². The van der Waals surface area contributed by atoms with Crippen molar-refractivity contribution >= 4 is 0 Å². The van der Waals surface area contributed by atoms with E-state index in [2.05, 4.69) is 20.4 Å². The summed E-state index contributed by atoms with van der Waals surface area (Å²) in [4.78, 5) is 8.57. The summed E-state index contributed by atoms with van der Waals surface area (Å²) in [7, 11) is 1.99. The summed E-state index contributed by atoms with van der Waals surface area (Å²) in [5.41, 5.74) is 0.895. The van der Waals surface area contributed by atoms with Crippen LogP contribution in [-0.2, 0) is 0 Å². The first-order valence-corrected chi connectivity index (χ1v) is 6.30. The first kappa shape index (κ1) is 11.3. The minimum absolute atomic E-state index is 0.341. The van der Waals surface area contributed by atoms with Gasteiger partial charge in [0, 0.05) is 24.0 Å². The van der Waals surface area contributed by atoms with Gasteiger partial charge in [-0.15, -0.1) is 0 Å². The summed E-state index contributed by atoms with van der Waals surface area (Å²) in [6.45, 7) is 0. The summed E-state index contributed by atoms with van der Waals surface area (Å²) in [6, 6.07) is 4.26. The Morgan fingerprint density at radius 1 is 1.39 bits per heavy atom. The fraction of sp³-hybridized carbons (Fsp3) is 0.462. The Morgan fingerprint density at radius 2 is 2.33 bits per heavy atom. The Kier molecular flexibility index (Phi) is 3.06. The van der Waals surface area contributed by atoms with Crippen molar-refractivity contribution in [3.05, 3.63) is 30.4 Å². The van der Waals surface area contributed by atoms with E-state index in [1.54, 1.807) is 12.4 Å². The van der Waals surface area contributed by atoms with Crippen LogP contribution >= 0.6 is 0 Å². The first-order chi connectivity index (χ1) is 8.88. The van der Waals surface area contributed by atoms with Crippen LogP contribution in [0.1, 0.15) is 31.1 Å². The zero-order valence-electron chi connectivity index (χ0n) is 10.3. The van der Waals surface area contributed by atoms with Crippen LogP contribution in [0.2, 0.25) is 0 Å². The van der Waals surface area contributed by atoms with Crippen molar-refractivity contribution in [2.75, 3.05) is 7.05 Å². The molecule has 0 aliphatic heterocycles. The van der Waals surface area contributed by atoms with Gasteiger partial charge in [0.1, 0.15) is 0 Å². The van der Waals surface area contributed by atoms with Crippen LogP contribution in [-0.4, -0.2) is 28.2 Å². The number of pyridine rings is 1. The molecular weight excluding hydrogens is 228 g/mol. The molecule has 0 spiro atoms. The van der Waals surface area contributed by atoms with E-state index in [-0.39, 0.29) is 0 Å². The lowest BCUT2D eigenvalue weighted by atomic mass is 10.0. The van der Waals surface area contributed by atoms with Crippen molar-refractivity contribution < 1.29 is 4.52 Å². The van der Waals surface area contributed by atoms with Crippen LogP contribution < -0.4 is 5.32 Å². The van der Waals surface area contributed by atoms with Crippen LogP contribution in [0, 0.1) is 0 Å². The number of likely N-dealkylation sites (N-methyl/N-ethyl adjacent to an activating group) is 1. The number of nitrogens with one attached hydrogen (secondary N) is 1. The van der Waals surface area contributed by atoms with E-state index in [1.165, 1.54) is 12.8 Å². The maximum Gasteiger partial charge on any atom is 0.231 e. The largest absolute Gasteiger partial charge is 0.339 e. The molecule has 2 atom stereocenters. The van der Waals surface area contributed by atoms with Gasteiger partial charge in [-0.2, -0.15) is 4.98 Å². The van der Waals surface area contributed by atoms with E-state index in [4.69, 9.17) is 4.52 Å². The van der Waals surface area contributed by atoms with Crippen LogP contribution in [0.15, 0.2) is 29.0 Å². The van der Waals surface area contributed by atoms with Crippen molar-refractivity contribution in [2.24, 2.45) is 0 Å². The molecule has 0 saturated heterocycles. The lowest BCUT2D eigenvalue weighted by Crippen LogP contribution is -2.27. The van der Waals surface area contributed by atoms with Gasteiger partial charge in [-0.3, -0.25) is 4.98 Å². The normalized spacial score (nSPS) is 23.4. The molecule has 1 saturated carbocycles. The predicted octanol–water partition coefficient (Wildman–Crippen LogP) is 1.99. The highest BCUT2D eigenvalue weighted by atomic mass is 16.5. The highest BCUT2D eigenvalue weighted by Crippen LogP contribution is 2.34. The average molecular weight is 244 g/mol. The predicted molar refractivity (Wildman–Crippen MR) is 67.0 cm³/mol. The number of hydrogen-bond acceptors (Lipinski definition) is 5. The molecule has 3 rings (SSSR count). The van der Waals surface area contributed by atoms with Crippen molar-refractivity contribution in [3.63, 3.8) is 0 Å². The van der Waals surface area contributed by atoms with Crippen molar-refractivity contribution in [3.8, 4) is 11.4 Å². The van der Waals surface area contributed by atoms with Gasteiger partial charge in [-0.1, -0.05) is 11.6 Å². The van der Waals surface area contributed by atoms with Crippen LogP contribution in [0.4, 0.5) is 0 Å². The number of nitrogens with zero attached hydrogens (tertiary/aromatic N) is 3. The Balaban J connectivity index is 1.86. The van der Waals surface area contributed by atoms with Crippen LogP contribution in [0.3, 0.4) is 0 Å². The molecule has 0 radical (unpaired) electrons. The molecule has 1 N–H and O–H groups in total. The summed E-state index contributed by atoms with van der Waals surface area (Å²) in [6.07, 6.45) is 6.98. The fourth-order valence-corrected chi connectivity index (χ4v) is 2.60. The molecular formula is C13H16N4O. The maximum absolute atomic E-state index is 5.41. The maximum atomic E-state index is 5.41. The Hall–Kier alpha value is -1.75. The molecule has 2 aromatic rings. The number of hydrogen-bond donors (Lipinski definition) is 1. The molecule has 0 amide bonds. The average Bonchev–Trinajstić information content (AvgIpc) is 3.08. The van der Waals surface area contributed by atoms with E-state index < -0.39 is 0 Å². The second kappa shape index (κ2) is 4.86. The lowest BCUT2D eigenvalue weighted by molar-refractivity contribution is 0.335. The van der Waals surface area contributed by atoms with Gasteiger partial charge in [0.15, 0.2) is 0 Å². The van der Waals surface area contributed by atoms with Crippen molar-refractivity contribution in [2.45, 2.75) is 31.2 Å². The summed E-state index contributed by atoms with van der Waals surface area (Å²) in [5, 5.41) is 7.37. The highest BCUT2D eigenvalue weighted by Gasteiger charge is 2.31. The smallest absolute Gasteiger partial charge is 0.231 e. The van der Waals surface area contributed by atoms with Gasteiger partial charge in [0.05, 0.1) is 5.92 Å². The third-order valence-electron chi connectivity index (χ3n) is 3.57. The van der Waals surface area contributed by atoms with Crippen molar-refractivity contribution in [1.82, 2.24) is 20.4 Å². The quantitative estimate of drug-likeness (QED) is 0.894. The van der Waals surface area contributed by atoms with Gasteiger partial charge in [0.25, 0.3) is 0 Å². The molecule has 18 heavy (non-hydrogen) atoms. The molecule has 1 fully saturated rings. The van der Waals surface area contributed by atoms with E-state index in [0.717, 1.165) is 17.9 Å². The molecule has 2 heterocycles. The van der Waals surface area contributed by atoms with E-state index in [0.29, 0.717) is 17.8 Å². The summed E-state index contributed by atoms with van der Waals surface area (Å²) >= 11 is 0. The van der Waals surface area contributed by atoms with Crippen LogP contribution in [0.5, 0.6) is 0 Å². The van der Waals surface area contributed by atoms with Crippen LogP contribution in [0.25, 0.3) is 11.4 Å². The monoisotopic (exact) mass is 244 g/mol.